The van der Waals surface area contributed by atoms with E-state index in [1.165, 1.54) is 0 Å². The smallest absolute Gasteiger partial charge is 0.151 e. The Morgan fingerprint density at radius 3 is 2.04 bits per heavy atom. The minimum Gasteiger partial charge on any atom is -0.378 e. The number of aromatic nitrogens is 3. The van der Waals surface area contributed by atoms with Gasteiger partial charge in [0.1, 0.15) is 11.9 Å². The Hall–Kier alpha value is -2.92. The maximum Gasteiger partial charge on any atom is 0.151 e. The van der Waals surface area contributed by atoms with Gasteiger partial charge in [-0.25, -0.2) is 4.98 Å². The van der Waals surface area contributed by atoms with E-state index in [9.17, 15) is 5.26 Å². The van der Waals surface area contributed by atoms with Crippen molar-refractivity contribution in [3.63, 3.8) is 0 Å². The third-order valence-electron chi connectivity index (χ3n) is 5.31. The summed E-state index contributed by atoms with van der Waals surface area (Å²) in [5, 5.41) is 18.4. The highest BCUT2D eigenvalue weighted by molar-refractivity contribution is 5.59. The molecule has 2 fully saturated rings. The fourth-order valence-electron chi connectivity index (χ4n) is 3.78. The van der Waals surface area contributed by atoms with Crippen molar-refractivity contribution in [3.8, 4) is 6.07 Å². The maximum absolute atomic E-state index is 9.53. The second-order valence-corrected chi connectivity index (χ2v) is 7.21. The summed E-state index contributed by atoms with van der Waals surface area (Å²) in [6.07, 6.45) is 0. The summed E-state index contributed by atoms with van der Waals surface area (Å²) in [5.74, 6) is 2.60. The molecule has 28 heavy (non-hydrogen) atoms. The first-order chi connectivity index (χ1) is 13.7. The summed E-state index contributed by atoms with van der Waals surface area (Å²) in [5.41, 5.74) is 2.60. The van der Waals surface area contributed by atoms with Gasteiger partial charge in [-0.2, -0.15) is 5.26 Å². The first-order valence-corrected chi connectivity index (χ1v) is 9.70. The van der Waals surface area contributed by atoms with Gasteiger partial charge in [0.05, 0.1) is 18.8 Å². The molecule has 8 heteroatoms. The van der Waals surface area contributed by atoms with Gasteiger partial charge in [-0.05, 0) is 37.6 Å². The number of nitrogens with zero attached hydrogens (tertiary/aromatic N) is 7. The van der Waals surface area contributed by atoms with Crippen LogP contribution in [0.25, 0.3) is 0 Å². The second-order valence-electron chi connectivity index (χ2n) is 7.21. The molecule has 8 nitrogen and oxygen atoms in total. The SMILES string of the molecule is Cc1cc(C)c(C#N)c(N2CCN(c3ccc(N4CCOCC4)nn3)CC2)n1. The molecule has 0 aliphatic carbocycles. The highest BCUT2D eigenvalue weighted by Gasteiger charge is 2.23. The number of hydrogen-bond donors (Lipinski definition) is 0. The largest absolute Gasteiger partial charge is 0.378 e. The van der Waals surface area contributed by atoms with Crippen molar-refractivity contribution in [3.05, 3.63) is 35.0 Å². The predicted molar refractivity (Wildman–Crippen MR) is 108 cm³/mol. The first-order valence-electron chi connectivity index (χ1n) is 9.70. The van der Waals surface area contributed by atoms with E-state index in [4.69, 9.17) is 4.74 Å². The summed E-state index contributed by atoms with van der Waals surface area (Å²) in [4.78, 5) is 11.3. The van der Waals surface area contributed by atoms with Crippen molar-refractivity contribution in [2.24, 2.45) is 0 Å². The quantitative estimate of drug-likeness (QED) is 0.794. The number of anilines is 3. The molecule has 0 N–H and O–H groups in total. The van der Waals surface area contributed by atoms with Crippen molar-refractivity contribution in [2.45, 2.75) is 13.8 Å². The van der Waals surface area contributed by atoms with Crippen LogP contribution in [0, 0.1) is 25.2 Å². The number of aryl methyl sites for hydroxylation is 2. The number of ether oxygens (including phenoxy) is 1. The topological polar surface area (TPSA) is 81.4 Å². The van der Waals surface area contributed by atoms with Gasteiger partial charge in [0.2, 0.25) is 0 Å². The van der Waals surface area contributed by atoms with E-state index >= 15 is 0 Å². The lowest BCUT2D eigenvalue weighted by Crippen LogP contribution is -2.47. The number of nitriles is 1. The van der Waals surface area contributed by atoms with E-state index in [2.05, 4.69) is 36.0 Å². The highest BCUT2D eigenvalue weighted by atomic mass is 16.5. The lowest BCUT2D eigenvalue weighted by atomic mass is 10.1. The predicted octanol–water partition coefficient (Wildman–Crippen LogP) is 1.52. The Labute approximate surface area is 165 Å². The van der Waals surface area contributed by atoms with Crippen LogP contribution < -0.4 is 14.7 Å². The Morgan fingerprint density at radius 2 is 1.46 bits per heavy atom. The summed E-state index contributed by atoms with van der Waals surface area (Å²) in [7, 11) is 0. The van der Waals surface area contributed by atoms with Gasteiger partial charge >= 0.3 is 0 Å². The molecule has 4 rings (SSSR count). The Bertz CT molecular complexity index is 863. The van der Waals surface area contributed by atoms with Crippen molar-refractivity contribution >= 4 is 17.5 Å². The van der Waals surface area contributed by atoms with Crippen molar-refractivity contribution in [2.75, 3.05) is 67.2 Å². The molecule has 0 saturated carbocycles. The number of piperazine rings is 1. The molecule has 2 aliphatic rings. The Morgan fingerprint density at radius 1 is 0.893 bits per heavy atom. The normalized spacial score (nSPS) is 17.5. The maximum atomic E-state index is 9.53. The van der Waals surface area contributed by atoms with E-state index in [1.807, 2.05) is 32.0 Å². The molecule has 0 spiro atoms. The molecule has 4 heterocycles. The highest BCUT2D eigenvalue weighted by Crippen LogP contribution is 2.24. The van der Waals surface area contributed by atoms with Gasteiger partial charge in [-0.15, -0.1) is 10.2 Å². The van der Waals surface area contributed by atoms with Crippen molar-refractivity contribution in [1.29, 1.82) is 5.26 Å². The molecule has 2 aromatic rings. The molecule has 0 radical (unpaired) electrons. The summed E-state index contributed by atoms with van der Waals surface area (Å²) < 4.78 is 5.39. The molecule has 0 aromatic carbocycles. The van der Waals surface area contributed by atoms with E-state index in [1.54, 1.807) is 0 Å². The second kappa shape index (κ2) is 7.98. The Balaban J connectivity index is 1.43. The number of pyridine rings is 1. The summed E-state index contributed by atoms with van der Waals surface area (Å²) in [6.45, 7) is 10.4. The minimum absolute atomic E-state index is 0.675. The molecule has 2 aromatic heterocycles. The number of hydrogen-bond acceptors (Lipinski definition) is 8. The van der Waals surface area contributed by atoms with Crippen LogP contribution in [0.3, 0.4) is 0 Å². The van der Waals surface area contributed by atoms with Gasteiger partial charge in [0.15, 0.2) is 11.6 Å². The molecule has 2 saturated heterocycles. The lowest BCUT2D eigenvalue weighted by Gasteiger charge is -2.36. The van der Waals surface area contributed by atoms with Crippen molar-refractivity contribution in [1.82, 2.24) is 15.2 Å². The van der Waals surface area contributed by atoms with E-state index in [0.29, 0.717) is 5.56 Å². The molecule has 0 amide bonds. The van der Waals surface area contributed by atoms with E-state index in [-0.39, 0.29) is 0 Å². The minimum atomic E-state index is 0.675. The van der Waals surface area contributed by atoms with Crippen molar-refractivity contribution < 1.29 is 4.74 Å². The number of morpholine rings is 1. The van der Waals surface area contributed by atoms with Crippen LogP contribution >= 0.6 is 0 Å². The molecule has 0 bridgehead atoms. The van der Waals surface area contributed by atoms with Gasteiger partial charge in [0.25, 0.3) is 0 Å². The van der Waals surface area contributed by atoms with E-state index < -0.39 is 0 Å². The monoisotopic (exact) mass is 379 g/mol. The molecular weight excluding hydrogens is 354 g/mol. The van der Waals surface area contributed by atoms with Crippen LogP contribution in [0.15, 0.2) is 18.2 Å². The van der Waals surface area contributed by atoms with E-state index in [0.717, 1.165) is 81.2 Å². The van der Waals surface area contributed by atoms with Gasteiger partial charge in [-0.1, -0.05) is 0 Å². The van der Waals surface area contributed by atoms with Gasteiger partial charge in [-0.3, -0.25) is 0 Å². The first kappa shape index (κ1) is 18.4. The van der Waals surface area contributed by atoms with Crippen LogP contribution in [-0.2, 0) is 4.74 Å². The molecule has 2 aliphatic heterocycles. The molecule has 0 atom stereocenters. The lowest BCUT2D eigenvalue weighted by molar-refractivity contribution is 0.122. The van der Waals surface area contributed by atoms with Gasteiger partial charge in [0, 0.05) is 45.0 Å². The zero-order chi connectivity index (χ0) is 19.5. The molecular formula is C20H25N7O. The van der Waals surface area contributed by atoms with Crippen LogP contribution in [0.1, 0.15) is 16.8 Å². The fraction of sp³-hybridized carbons (Fsp3) is 0.500. The zero-order valence-electron chi connectivity index (χ0n) is 16.4. The third-order valence-corrected chi connectivity index (χ3v) is 5.31. The van der Waals surface area contributed by atoms with Crippen LogP contribution in [0.2, 0.25) is 0 Å². The molecule has 146 valence electrons. The third kappa shape index (κ3) is 3.71. The van der Waals surface area contributed by atoms with Crippen LogP contribution in [-0.4, -0.2) is 67.7 Å². The van der Waals surface area contributed by atoms with Gasteiger partial charge < -0.3 is 19.4 Å². The average molecular weight is 379 g/mol. The number of rotatable bonds is 3. The van der Waals surface area contributed by atoms with Crippen LogP contribution in [0.5, 0.6) is 0 Å². The Kier molecular flexibility index (Phi) is 5.26. The zero-order valence-corrected chi connectivity index (χ0v) is 16.4. The fourth-order valence-corrected chi connectivity index (χ4v) is 3.78. The standard InChI is InChI=1S/C20H25N7O/c1-15-13-16(2)22-20(17(15)14-21)27-7-5-25(6-8-27)18-3-4-19(24-23-18)26-9-11-28-12-10-26/h3-4,13H,5-12H2,1-2H3. The average Bonchev–Trinajstić information content (AvgIpc) is 2.74. The van der Waals surface area contributed by atoms with Crippen LogP contribution in [0.4, 0.5) is 17.5 Å². The molecule has 0 unspecified atom stereocenters. The summed E-state index contributed by atoms with van der Waals surface area (Å²) in [6, 6.07) is 8.36. The summed E-state index contributed by atoms with van der Waals surface area (Å²) >= 11 is 0.